The molecule has 0 aliphatic carbocycles. The molecule has 4 aromatic heterocycles. The van der Waals surface area contributed by atoms with Crippen LogP contribution >= 0.6 is 34.0 Å². The molecule has 0 saturated heterocycles. The van der Waals surface area contributed by atoms with Crippen molar-refractivity contribution in [1.29, 1.82) is 0 Å². The van der Waals surface area contributed by atoms with E-state index >= 15 is 0 Å². The Morgan fingerprint density at radius 3 is 1.78 bits per heavy atom. The SMILES string of the molecule is c1ccc2c(c1)sc1c(-c3ccc4c(c3)sc3cc(-n5c6ccccc6c6ccc7c8ccccc8sc7c65)ccc34)cccc12. The molecular formula is C42H23NS3. The van der Waals surface area contributed by atoms with Crippen LogP contribution in [0.1, 0.15) is 0 Å². The van der Waals surface area contributed by atoms with Gasteiger partial charge in [0.25, 0.3) is 0 Å². The second-order valence-electron chi connectivity index (χ2n) is 12.1. The van der Waals surface area contributed by atoms with Gasteiger partial charge in [0.15, 0.2) is 0 Å². The number of hydrogen-bond acceptors (Lipinski definition) is 3. The molecule has 11 rings (SSSR count). The maximum atomic E-state index is 2.50. The molecular weight excluding hydrogens is 615 g/mol. The normalized spacial score (nSPS) is 12.3. The van der Waals surface area contributed by atoms with Crippen molar-refractivity contribution in [3.63, 3.8) is 0 Å². The molecule has 0 aliphatic rings. The van der Waals surface area contributed by atoms with E-state index in [0.29, 0.717) is 0 Å². The van der Waals surface area contributed by atoms with E-state index in [1.54, 1.807) is 0 Å². The summed E-state index contributed by atoms with van der Waals surface area (Å²) in [6.07, 6.45) is 0. The summed E-state index contributed by atoms with van der Waals surface area (Å²) in [5, 5.41) is 10.6. The Morgan fingerprint density at radius 1 is 0.370 bits per heavy atom. The molecule has 0 amide bonds. The van der Waals surface area contributed by atoms with Gasteiger partial charge in [-0.1, -0.05) is 103 Å². The second-order valence-corrected chi connectivity index (χ2v) is 15.3. The number of rotatable bonds is 2. The van der Waals surface area contributed by atoms with E-state index in [2.05, 4.69) is 144 Å². The lowest BCUT2D eigenvalue weighted by Crippen LogP contribution is -1.93. The van der Waals surface area contributed by atoms with Crippen molar-refractivity contribution in [1.82, 2.24) is 4.57 Å². The lowest BCUT2D eigenvalue weighted by atomic mass is 10.0. The van der Waals surface area contributed by atoms with Crippen LogP contribution < -0.4 is 0 Å². The van der Waals surface area contributed by atoms with E-state index in [1.165, 1.54) is 99.1 Å². The summed E-state index contributed by atoms with van der Waals surface area (Å²) < 4.78 is 10.6. The fraction of sp³-hybridized carbons (Fsp3) is 0. The maximum Gasteiger partial charge on any atom is 0.0719 e. The number of hydrogen-bond donors (Lipinski definition) is 0. The van der Waals surface area contributed by atoms with Gasteiger partial charge in [-0.2, -0.15) is 0 Å². The molecule has 11 aromatic rings. The van der Waals surface area contributed by atoms with E-state index in [1.807, 2.05) is 34.0 Å². The van der Waals surface area contributed by atoms with Crippen molar-refractivity contribution in [2.24, 2.45) is 0 Å². The Bertz CT molecular complexity index is 3040. The zero-order chi connectivity index (χ0) is 29.9. The third kappa shape index (κ3) is 3.38. The van der Waals surface area contributed by atoms with Gasteiger partial charge in [0.1, 0.15) is 0 Å². The minimum absolute atomic E-state index is 1.21. The number of nitrogens with zero attached hydrogens (tertiary/aromatic N) is 1. The van der Waals surface area contributed by atoms with E-state index in [0.717, 1.165) is 0 Å². The number of thiophene rings is 3. The standard InChI is InChI=1S/C42H23NS3/c1-4-13-35-27(8-1)32-20-21-34-29-10-3-6-15-37(29)46-42(34)40(32)43(35)25-17-19-31-30-18-16-24(22-38(30)44-39(31)23-25)26-11-7-12-33-28-9-2-5-14-36(28)45-41(26)33/h1-23H. The molecule has 0 bridgehead atoms. The Hall–Kier alpha value is -5.00. The van der Waals surface area contributed by atoms with Crippen LogP contribution in [0.5, 0.6) is 0 Å². The third-order valence-corrected chi connectivity index (χ3v) is 13.1. The van der Waals surface area contributed by atoms with Crippen LogP contribution in [0.4, 0.5) is 0 Å². The van der Waals surface area contributed by atoms with E-state index in [9.17, 15) is 0 Å². The van der Waals surface area contributed by atoms with Crippen LogP contribution in [0.25, 0.3) is 99.1 Å². The topological polar surface area (TPSA) is 4.93 Å². The first-order valence-corrected chi connectivity index (χ1v) is 18.0. The Balaban J connectivity index is 1.14. The average molecular weight is 638 g/mol. The first-order valence-electron chi connectivity index (χ1n) is 15.5. The van der Waals surface area contributed by atoms with Crippen molar-refractivity contribution >= 4 is 116 Å². The van der Waals surface area contributed by atoms with Gasteiger partial charge in [0, 0.05) is 72.3 Å². The fourth-order valence-electron chi connectivity index (χ4n) is 7.55. The molecule has 46 heavy (non-hydrogen) atoms. The summed E-state index contributed by atoms with van der Waals surface area (Å²) in [7, 11) is 0. The number of aromatic nitrogens is 1. The van der Waals surface area contributed by atoms with Crippen LogP contribution in [0.15, 0.2) is 140 Å². The monoisotopic (exact) mass is 637 g/mol. The van der Waals surface area contributed by atoms with Gasteiger partial charge in [0.2, 0.25) is 0 Å². The number of benzene rings is 7. The van der Waals surface area contributed by atoms with Gasteiger partial charge in [-0.05, 0) is 47.5 Å². The molecule has 0 saturated carbocycles. The fourth-order valence-corrected chi connectivity index (χ4v) is 11.2. The molecule has 0 radical (unpaired) electrons. The van der Waals surface area contributed by atoms with Crippen molar-refractivity contribution in [2.75, 3.05) is 0 Å². The van der Waals surface area contributed by atoms with Crippen LogP contribution in [0.3, 0.4) is 0 Å². The summed E-state index contributed by atoms with van der Waals surface area (Å²) in [5.41, 5.74) is 6.37. The highest BCUT2D eigenvalue weighted by Crippen LogP contribution is 2.45. The van der Waals surface area contributed by atoms with Crippen molar-refractivity contribution in [3.05, 3.63) is 140 Å². The lowest BCUT2D eigenvalue weighted by molar-refractivity contribution is 1.19. The predicted molar refractivity (Wildman–Crippen MR) is 205 cm³/mol. The predicted octanol–water partition coefficient (Wildman–Crippen LogP) is 13.6. The Morgan fingerprint density at radius 2 is 0.957 bits per heavy atom. The first-order chi connectivity index (χ1) is 22.8. The zero-order valence-electron chi connectivity index (χ0n) is 24.5. The molecule has 4 heterocycles. The minimum Gasteiger partial charge on any atom is -0.308 e. The molecule has 0 spiro atoms. The Labute approximate surface area is 275 Å². The summed E-state index contributed by atoms with van der Waals surface area (Å²) >= 11 is 5.71. The van der Waals surface area contributed by atoms with E-state index in [-0.39, 0.29) is 0 Å². The molecule has 0 N–H and O–H groups in total. The van der Waals surface area contributed by atoms with Crippen LogP contribution in [0, 0.1) is 0 Å². The zero-order valence-corrected chi connectivity index (χ0v) is 26.9. The summed E-state index contributed by atoms with van der Waals surface area (Å²) in [6, 6.07) is 51.9. The molecule has 0 aliphatic heterocycles. The molecule has 214 valence electrons. The van der Waals surface area contributed by atoms with Gasteiger partial charge < -0.3 is 4.57 Å². The quantitative estimate of drug-likeness (QED) is 0.178. The van der Waals surface area contributed by atoms with Crippen molar-refractivity contribution < 1.29 is 0 Å². The van der Waals surface area contributed by atoms with Crippen LogP contribution in [-0.4, -0.2) is 4.57 Å². The van der Waals surface area contributed by atoms with E-state index < -0.39 is 0 Å². The first kappa shape index (κ1) is 25.2. The lowest BCUT2D eigenvalue weighted by Gasteiger charge is -2.09. The van der Waals surface area contributed by atoms with Crippen LogP contribution in [0.2, 0.25) is 0 Å². The third-order valence-electron chi connectivity index (χ3n) is 9.61. The molecule has 7 aromatic carbocycles. The largest absolute Gasteiger partial charge is 0.308 e. The smallest absolute Gasteiger partial charge is 0.0719 e. The number of para-hydroxylation sites is 1. The summed E-state index contributed by atoms with van der Waals surface area (Å²) in [6.45, 7) is 0. The summed E-state index contributed by atoms with van der Waals surface area (Å²) in [5.74, 6) is 0. The highest BCUT2D eigenvalue weighted by molar-refractivity contribution is 7.27. The highest BCUT2D eigenvalue weighted by Gasteiger charge is 2.19. The van der Waals surface area contributed by atoms with Gasteiger partial charge in [-0.15, -0.1) is 34.0 Å². The van der Waals surface area contributed by atoms with Crippen LogP contribution in [-0.2, 0) is 0 Å². The van der Waals surface area contributed by atoms with Crippen molar-refractivity contribution in [2.45, 2.75) is 0 Å². The molecule has 0 unspecified atom stereocenters. The van der Waals surface area contributed by atoms with Gasteiger partial charge >= 0.3 is 0 Å². The number of fused-ring (bicyclic) bond motifs is 13. The second kappa shape index (κ2) is 9.27. The summed E-state index contributed by atoms with van der Waals surface area (Å²) in [4.78, 5) is 0. The Kier molecular flexibility index (Phi) is 5.08. The van der Waals surface area contributed by atoms with Gasteiger partial charge in [-0.25, -0.2) is 0 Å². The highest BCUT2D eigenvalue weighted by atomic mass is 32.1. The maximum absolute atomic E-state index is 2.50. The van der Waals surface area contributed by atoms with E-state index in [4.69, 9.17) is 0 Å². The van der Waals surface area contributed by atoms with Gasteiger partial charge in [0.05, 0.1) is 15.7 Å². The molecule has 0 fully saturated rings. The molecule has 1 nitrogen and oxygen atoms in total. The average Bonchev–Trinajstić information content (AvgIpc) is 3.86. The minimum atomic E-state index is 1.21. The van der Waals surface area contributed by atoms with Gasteiger partial charge in [-0.3, -0.25) is 0 Å². The van der Waals surface area contributed by atoms with Crippen molar-refractivity contribution in [3.8, 4) is 16.8 Å². The molecule has 0 atom stereocenters. The molecule has 4 heteroatoms.